The van der Waals surface area contributed by atoms with Gasteiger partial charge < -0.3 is 5.32 Å². The standard InChI is InChI=1S/C11H19N3/c1-5-6-12-10-7-9(11(2,3)4)13-8-14-10/h7-8H,5-6H2,1-4H3,(H,12,13,14). The van der Waals surface area contributed by atoms with E-state index >= 15 is 0 Å². The Hall–Kier alpha value is -1.12. The van der Waals surface area contributed by atoms with Crippen molar-refractivity contribution < 1.29 is 0 Å². The van der Waals surface area contributed by atoms with Gasteiger partial charge in [0.1, 0.15) is 12.1 Å². The summed E-state index contributed by atoms with van der Waals surface area (Å²) in [4.78, 5) is 8.44. The highest BCUT2D eigenvalue weighted by Gasteiger charge is 2.15. The molecule has 1 aromatic rings. The summed E-state index contributed by atoms with van der Waals surface area (Å²) >= 11 is 0. The number of aromatic nitrogens is 2. The first-order valence-electron chi connectivity index (χ1n) is 5.10. The van der Waals surface area contributed by atoms with Gasteiger partial charge in [0.15, 0.2) is 0 Å². The van der Waals surface area contributed by atoms with Crippen LogP contribution in [0, 0.1) is 0 Å². The van der Waals surface area contributed by atoms with E-state index in [0.29, 0.717) is 0 Å². The minimum absolute atomic E-state index is 0.0889. The van der Waals surface area contributed by atoms with Crippen LogP contribution in [-0.2, 0) is 5.41 Å². The molecule has 14 heavy (non-hydrogen) atoms. The van der Waals surface area contributed by atoms with Crippen molar-refractivity contribution in [2.24, 2.45) is 0 Å². The maximum atomic E-state index is 4.27. The quantitative estimate of drug-likeness (QED) is 0.801. The first-order chi connectivity index (χ1) is 6.54. The Morgan fingerprint density at radius 2 is 2.00 bits per heavy atom. The fourth-order valence-electron chi connectivity index (χ4n) is 1.12. The Morgan fingerprint density at radius 3 is 2.57 bits per heavy atom. The van der Waals surface area contributed by atoms with Crippen molar-refractivity contribution in [1.29, 1.82) is 0 Å². The van der Waals surface area contributed by atoms with Gasteiger partial charge in [-0.25, -0.2) is 9.97 Å². The molecule has 0 saturated carbocycles. The molecule has 0 unspecified atom stereocenters. The van der Waals surface area contributed by atoms with Crippen LogP contribution >= 0.6 is 0 Å². The average molecular weight is 193 g/mol. The Balaban J connectivity index is 2.79. The van der Waals surface area contributed by atoms with Crippen molar-refractivity contribution in [3.63, 3.8) is 0 Å². The van der Waals surface area contributed by atoms with Crippen LogP contribution in [0.5, 0.6) is 0 Å². The van der Waals surface area contributed by atoms with Gasteiger partial charge in [0, 0.05) is 18.0 Å². The van der Waals surface area contributed by atoms with Crippen molar-refractivity contribution in [2.45, 2.75) is 39.5 Å². The largest absolute Gasteiger partial charge is 0.370 e. The number of rotatable bonds is 3. The smallest absolute Gasteiger partial charge is 0.129 e. The van der Waals surface area contributed by atoms with Crippen LogP contribution in [0.4, 0.5) is 5.82 Å². The summed E-state index contributed by atoms with van der Waals surface area (Å²) in [6.45, 7) is 9.55. The van der Waals surface area contributed by atoms with Gasteiger partial charge in [-0.1, -0.05) is 27.7 Å². The summed E-state index contributed by atoms with van der Waals surface area (Å²) in [5.74, 6) is 0.923. The number of hydrogen-bond acceptors (Lipinski definition) is 3. The van der Waals surface area contributed by atoms with Gasteiger partial charge in [0.2, 0.25) is 0 Å². The molecule has 0 fully saturated rings. The maximum absolute atomic E-state index is 4.27. The Bertz CT molecular complexity index is 289. The minimum atomic E-state index is 0.0889. The Labute approximate surface area is 86.0 Å². The van der Waals surface area contributed by atoms with E-state index in [9.17, 15) is 0 Å². The van der Waals surface area contributed by atoms with Crippen molar-refractivity contribution in [2.75, 3.05) is 11.9 Å². The van der Waals surface area contributed by atoms with Gasteiger partial charge in [-0.05, 0) is 6.42 Å². The second kappa shape index (κ2) is 4.40. The third-order valence-electron chi connectivity index (χ3n) is 1.99. The highest BCUT2D eigenvalue weighted by atomic mass is 15.0. The molecular formula is C11H19N3. The van der Waals surface area contributed by atoms with E-state index in [1.54, 1.807) is 6.33 Å². The molecule has 0 amide bonds. The molecule has 1 heterocycles. The zero-order chi connectivity index (χ0) is 10.6. The van der Waals surface area contributed by atoms with E-state index in [1.807, 2.05) is 6.07 Å². The van der Waals surface area contributed by atoms with Gasteiger partial charge >= 0.3 is 0 Å². The predicted molar refractivity (Wildman–Crippen MR) is 59.5 cm³/mol. The van der Waals surface area contributed by atoms with Gasteiger partial charge in [-0.3, -0.25) is 0 Å². The third kappa shape index (κ3) is 2.98. The summed E-state index contributed by atoms with van der Waals surface area (Å²) in [5, 5.41) is 3.26. The predicted octanol–water partition coefficient (Wildman–Crippen LogP) is 2.60. The van der Waals surface area contributed by atoms with Crippen molar-refractivity contribution in [3.8, 4) is 0 Å². The molecule has 1 aromatic heterocycles. The number of hydrogen-bond donors (Lipinski definition) is 1. The Morgan fingerprint density at radius 1 is 1.29 bits per heavy atom. The first kappa shape index (κ1) is 11.0. The highest BCUT2D eigenvalue weighted by Crippen LogP contribution is 2.20. The normalized spacial score (nSPS) is 11.4. The fraction of sp³-hybridized carbons (Fsp3) is 0.636. The number of nitrogens with zero attached hydrogens (tertiary/aromatic N) is 2. The molecule has 0 aliphatic heterocycles. The van der Waals surface area contributed by atoms with Gasteiger partial charge in [-0.2, -0.15) is 0 Å². The summed E-state index contributed by atoms with van der Waals surface area (Å²) in [6.07, 6.45) is 2.73. The molecule has 0 radical (unpaired) electrons. The van der Waals surface area contributed by atoms with E-state index in [-0.39, 0.29) is 5.41 Å². The van der Waals surface area contributed by atoms with Crippen LogP contribution in [0.15, 0.2) is 12.4 Å². The van der Waals surface area contributed by atoms with Crippen molar-refractivity contribution in [3.05, 3.63) is 18.1 Å². The first-order valence-corrected chi connectivity index (χ1v) is 5.10. The fourth-order valence-corrected chi connectivity index (χ4v) is 1.12. The van der Waals surface area contributed by atoms with E-state index in [1.165, 1.54) is 0 Å². The van der Waals surface area contributed by atoms with E-state index in [2.05, 4.69) is 43.0 Å². The second-order valence-electron chi connectivity index (χ2n) is 4.47. The molecule has 0 aliphatic carbocycles. The lowest BCUT2D eigenvalue weighted by Crippen LogP contribution is -2.14. The van der Waals surface area contributed by atoms with Crippen LogP contribution in [-0.4, -0.2) is 16.5 Å². The second-order valence-corrected chi connectivity index (χ2v) is 4.47. The lowest BCUT2D eigenvalue weighted by atomic mass is 9.92. The number of nitrogens with one attached hydrogen (secondary N) is 1. The monoisotopic (exact) mass is 193 g/mol. The van der Waals surface area contributed by atoms with Crippen LogP contribution in [0.3, 0.4) is 0 Å². The van der Waals surface area contributed by atoms with Crippen LogP contribution < -0.4 is 5.32 Å². The molecule has 0 bridgehead atoms. The molecule has 78 valence electrons. The van der Waals surface area contributed by atoms with Crippen LogP contribution in [0.1, 0.15) is 39.8 Å². The van der Waals surface area contributed by atoms with Crippen LogP contribution in [0.25, 0.3) is 0 Å². The third-order valence-corrected chi connectivity index (χ3v) is 1.99. The van der Waals surface area contributed by atoms with Crippen LogP contribution in [0.2, 0.25) is 0 Å². The summed E-state index contributed by atoms with van der Waals surface area (Å²) in [5.41, 5.74) is 1.16. The zero-order valence-electron chi connectivity index (χ0n) is 9.46. The molecule has 3 heteroatoms. The van der Waals surface area contributed by atoms with Crippen molar-refractivity contribution in [1.82, 2.24) is 9.97 Å². The van der Waals surface area contributed by atoms with Gasteiger partial charge in [0.25, 0.3) is 0 Å². The molecular weight excluding hydrogens is 174 g/mol. The Kier molecular flexibility index (Phi) is 3.44. The van der Waals surface area contributed by atoms with Gasteiger partial charge in [-0.15, -0.1) is 0 Å². The molecule has 1 rings (SSSR count). The molecule has 0 aromatic carbocycles. The molecule has 0 aliphatic rings. The minimum Gasteiger partial charge on any atom is -0.370 e. The number of anilines is 1. The summed E-state index contributed by atoms with van der Waals surface area (Å²) in [6, 6.07) is 2.02. The molecule has 0 saturated heterocycles. The average Bonchev–Trinajstić information content (AvgIpc) is 2.14. The summed E-state index contributed by atoms with van der Waals surface area (Å²) < 4.78 is 0. The lowest BCUT2D eigenvalue weighted by Gasteiger charge is -2.17. The highest BCUT2D eigenvalue weighted by molar-refractivity contribution is 5.36. The molecule has 3 nitrogen and oxygen atoms in total. The maximum Gasteiger partial charge on any atom is 0.129 e. The van der Waals surface area contributed by atoms with Crippen molar-refractivity contribution >= 4 is 5.82 Å². The van der Waals surface area contributed by atoms with E-state index in [4.69, 9.17) is 0 Å². The molecule has 0 atom stereocenters. The topological polar surface area (TPSA) is 37.8 Å². The molecule has 0 spiro atoms. The lowest BCUT2D eigenvalue weighted by molar-refractivity contribution is 0.567. The SMILES string of the molecule is CCCNc1cc(C(C)(C)C)ncn1. The summed E-state index contributed by atoms with van der Waals surface area (Å²) in [7, 11) is 0. The van der Waals surface area contributed by atoms with Gasteiger partial charge in [0.05, 0.1) is 5.69 Å². The zero-order valence-corrected chi connectivity index (χ0v) is 9.46. The molecule has 1 N–H and O–H groups in total. The van der Waals surface area contributed by atoms with E-state index < -0.39 is 0 Å². The van der Waals surface area contributed by atoms with E-state index in [0.717, 1.165) is 24.5 Å².